The van der Waals surface area contributed by atoms with E-state index in [2.05, 4.69) is 14.5 Å². The van der Waals surface area contributed by atoms with Crippen molar-refractivity contribution in [1.29, 1.82) is 0 Å². The number of carbonyl (C=O) groups is 1. The van der Waals surface area contributed by atoms with Crippen LogP contribution in [0.4, 0.5) is 4.79 Å². The van der Waals surface area contributed by atoms with Crippen molar-refractivity contribution >= 4 is 6.16 Å². The highest BCUT2D eigenvalue weighted by Gasteiger charge is 2.01. The maximum Gasteiger partial charge on any atom is 0.513 e. The van der Waals surface area contributed by atoms with Crippen molar-refractivity contribution in [2.45, 2.75) is 0 Å². The summed E-state index contributed by atoms with van der Waals surface area (Å²) in [6.45, 7) is 0. The summed E-state index contributed by atoms with van der Waals surface area (Å²) >= 11 is 0. The molecule has 0 aliphatic carbocycles. The highest BCUT2D eigenvalue weighted by molar-refractivity contribution is 5.63. The first kappa shape index (κ1) is 6.67. The standard InChI is InChI=1S/C6H7NO3/c1-9-6(8)10-5-2-3-7-4-5/h2-4,7H,1H3. The number of rotatable bonds is 1. The Morgan fingerprint density at radius 2 is 2.50 bits per heavy atom. The molecule has 0 fully saturated rings. The summed E-state index contributed by atoms with van der Waals surface area (Å²) in [5.41, 5.74) is 0. The van der Waals surface area contributed by atoms with Gasteiger partial charge in [0.05, 0.1) is 7.11 Å². The molecule has 0 bridgehead atoms. The zero-order valence-electron chi connectivity index (χ0n) is 5.46. The molecule has 0 saturated carbocycles. The van der Waals surface area contributed by atoms with Gasteiger partial charge >= 0.3 is 6.16 Å². The smallest absolute Gasteiger partial charge is 0.437 e. The normalized spacial score (nSPS) is 8.90. The van der Waals surface area contributed by atoms with Crippen molar-refractivity contribution in [3.63, 3.8) is 0 Å². The summed E-state index contributed by atoms with van der Waals surface area (Å²) < 4.78 is 8.86. The maximum atomic E-state index is 10.4. The predicted molar refractivity (Wildman–Crippen MR) is 33.8 cm³/mol. The highest BCUT2D eigenvalue weighted by atomic mass is 16.7. The number of ether oxygens (including phenoxy) is 2. The van der Waals surface area contributed by atoms with Crippen LogP contribution in [0.5, 0.6) is 5.75 Å². The molecule has 0 unspecified atom stereocenters. The second-order valence-electron chi connectivity index (χ2n) is 1.60. The van der Waals surface area contributed by atoms with E-state index in [0.717, 1.165) is 0 Å². The van der Waals surface area contributed by atoms with Crippen molar-refractivity contribution < 1.29 is 14.3 Å². The fourth-order valence-corrected chi connectivity index (χ4v) is 0.510. The van der Waals surface area contributed by atoms with Gasteiger partial charge in [0.2, 0.25) is 0 Å². The van der Waals surface area contributed by atoms with Crippen molar-refractivity contribution in [1.82, 2.24) is 4.98 Å². The number of hydrogen-bond acceptors (Lipinski definition) is 3. The quantitative estimate of drug-likeness (QED) is 0.597. The van der Waals surface area contributed by atoms with Crippen LogP contribution >= 0.6 is 0 Å². The number of nitrogens with one attached hydrogen (secondary N) is 1. The van der Waals surface area contributed by atoms with Gasteiger partial charge in [-0.2, -0.15) is 0 Å². The van der Waals surface area contributed by atoms with E-state index in [1.807, 2.05) is 0 Å². The molecule has 54 valence electrons. The first-order chi connectivity index (χ1) is 4.83. The van der Waals surface area contributed by atoms with Crippen LogP contribution in [0, 0.1) is 0 Å². The molecular formula is C6H7NO3. The number of H-pyrrole nitrogens is 1. The van der Waals surface area contributed by atoms with E-state index in [9.17, 15) is 4.79 Å². The second-order valence-corrected chi connectivity index (χ2v) is 1.60. The molecule has 1 aromatic rings. The van der Waals surface area contributed by atoms with Gasteiger partial charge in [0.25, 0.3) is 0 Å². The van der Waals surface area contributed by atoms with Gasteiger partial charge in [0.1, 0.15) is 0 Å². The number of hydrogen-bond donors (Lipinski definition) is 1. The summed E-state index contributed by atoms with van der Waals surface area (Å²) in [6.07, 6.45) is 2.49. The van der Waals surface area contributed by atoms with Crippen LogP contribution in [0.15, 0.2) is 18.5 Å². The molecule has 0 aliphatic heterocycles. The number of methoxy groups -OCH3 is 1. The Hall–Kier alpha value is -1.45. The summed E-state index contributed by atoms with van der Waals surface area (Å²) in [7, 11) is 1.26. The van der Waals surface area contributed by atoms with Gasteiger partial charge in [-0.25, -0.2) is 4.79 Å². The molecule has 1 aromatic heterocycles. The Bertz CT molecular complexity index is 205. The van der Waals surface area contributed by atoms with Crippen LogP contribution in [-0.2, 0) is 4.74 Å². The summed E-state index contributed by atoms with van der Waals surface area (Å²) in [5.74, 6) is 0.451. The SMILES string of the molecule is COC(=O)Oc1cc[nH]c1. The summed E-state index contributed by atoms with van der Waals surface area (Å²) in [6, 6.07) is 1.62. The number of aromatic amines is 1. The molecule has 4 heteroatoms. The van der Waals surface area contributed by atoms with Gasteiger partial charge in [-0.1, -0.05) is 0 Å². The van der Waals surface area contributed by atoms with Gasteiger partial charge < -0.3 is 14.5 Å². The van der Waals surface area contributed by atoms with E-state index in [1.54, 1.807) is 18.5 Å². The van der Waals surface area contributed by atoms with Crippen LogP contribution in [-0.4, -0.2) is 18.2 Å². The Balaban J connectivity index is 2.48. The molecule has 0 amide bonds. The molecular weight excluding hydrogens is 134 g/mol. The Labute approximate surface area is 57.8 Å². The number of carbonyl (C=O) groups excluding carboxylic acids is 1. The molecule has 4 nitrogen and oxygen atoms in total. The van der Waals surface area contributed by atoms with Crippen LogP contribution in [0.1, 0.15) is 0 Å². The lowest BCUT2D eigenvalue weighted by atomic mass is 10.6. The molecule has 0 saturated heterocycles. The van der Waals surface area contributed by atoms with Gasteiger partial charge in [-0.15, -0.1) is 0 Å². The Kier molecular flexibility index (Phi) is 1.94. The molecule has 0 radical (unpaired) electrons. The van der Waals surface area contributed by atoms with Gasteiger partial charge in [-0.3, -0.25) is 0 Å². The fourth-order valence-electron chi connectivity index (χ4n) is 0.510. The summed E-state index contributed by atoms with van der Waals surface area (Å²) in [4.78, 5) is 13.1. The Morgan fingerprint density at radius 1 is 1.70 bits per heavy atom. The van der Waals surface area contributed by atoms with Crippen molar-refractivity contribution in [2.75, 3.05) is 7.11 Å². The maximum absolute atomic E-state index is 10.4. The first-order valence-electron chi connectivity index (χ1n) is 2.71. The van der Waals surface area contributed by atoms with Gasteiger partial charge in [0, 0.05) is 12.4 Å². The third kappa shape index (κ3) is 1.51. The van der Waals surface area contributed by atoms with Gasteiger partial charge in [0.15, 0.2) is 5.75 Å². The molecule has 1 N–H and O–H groups in total. The van der Waals surface area contributed by atoms with Gasteiger partial charge in [-0.05, 0) is 6.07 Å². The van der Waals surface area contributed by atoms with Crippen molar-refractivity contribution in [3.05, 3.63) is 18.5 Å². The van der Waals surface area contributed by atoms with E-state index in [0.29, 0.717) is 5.75 Å². The minimum Gasteiger partial charge on any atom is -0.437 e. The number of aromatic nitrogens is 1. The van der Waals surface area contributed by atoms with Crippen LogP contribution < -0.4 is 4.74 Å². The van der Waals surface area contributed by atoms with E-state index in [-0.39, 0.29) is 0 Å². The van der Waals surface area contributed by atoms with Crippen LogP contribution in [0.25, 0.3) is 0 Å². The zero-order valence-corrected chi connectivity index (χ0v) is 5.46. The topological polar surface area (TPSA) is 51.3 Å². The minimum absolute atomic E-state index is 0.451. The fraction of sp³-hybridized carbons (Fsp3) is 0.167. The largest absolute Gasteiger partial charge is 0.513 e. The molecule has 0 aliphatic rings. The van der Waals surface area contributed by atoms with Crippen molar-refractivity contribution in [2.24, 2.45) is 0 Å². The van der Waals surface area contributed by atoms with Crippen LogP contribution in [0.3, 0.4) is 0 Å². The van der Waals surface area contributed by atoms with Crippen molar-refractivity contribution in [3.8, 4) is 5.75 Å². The lowest BCUT2D eigenvalue weighted by molar-refractivity contribution is 0.121. The zero-order chi connectivity index (χ0) is 7.40. The minimum atomic E-state index is -0.709. The van der Waals surface area contributed by atoms with E-state index in [4.69, 9.17) is 0 Å². The molecule has 10 heavy (non-hydrogen) atoms. The molecule has 0 aromatic carbocycles. The highest BCUT2D eigenvalue weighted by Crippen LogP contribution is 2.07. The summed E-state index contributed by atoms with van der Waals surface area (Å²) in [5, 5.41) is 0. The lowest BCUT2D eigenvalue weighted by Crippen LogP contribution is -2.06. The van der Waals surface area contributed by atoms with E-state index >= 15 is 0 Å². The van der Waals surface area contributed by atoms with E-state index in [1.165, 1.54) is 7.11 Å². The average Bonchev–Trinajstić information content (AvgIpc) is 2.40. The van der Waals surface area contributed by atoms with E-state index < -0.39 is 6.16 Å². The second kappa shape index (κ2) is 2.91. The predicted octanol–water partition coefficient (Wildman–Crippen LogP) is 1.16. The first-order valence-corrected chi connectivity index (χ1v) is 2.71. The van der Waals surface area contributed by atoms with Crippen LogP contribution in [0.2, 0.25) is 0 Å². The molecule has 0 atom stereocenters. The monoisotopic (exact) mass is 141 g/mol. The lowest BCUT2D eigenvalue weighted by Gasteiger charge is -1.96. The molecule has 0 spiro atoms. The average molecular weight is 141 g/mol. The third-order valence-corrected chi connectivity index (χ3v) is 0.937. The molecule has 1 rings (SSSR count). The third-order valence-electron chi connectivity index (χ3n) is 0.937. The Morgan fingerprint density at radius 3 is 3.00 bits per heavy atom. The molecule has 1 heterocycles.